The lowest BCUT2D eigenvalue weighted by Gasteiger charge is -2.14. The third kappa shape index (κ3) is 6.16. The molecule has 12 heavy (non-hydrogen) atoms. The molecule has 0 saturated heterocycles. The van der Waals surface area contributed by atoms with E-state index in [1.165, 1.54) is 6.92 Å². The fourth-order valence-electron chi connectivity index (χ4n) is 1.09. The van der Waals surface area contributed by atoms with Gasteiger partial charge in [0.25, 0.3) is 0 Å². The lowest BCUT2D eigenvalue weighted by Crippen LogP contribution is -2.14. The minimum Gasteiger partial charge on any atom is -0.466 e. The average molecular weight is 174 g/mol. The summed E-state index contributed by atoms with van der Waals surface area (Å²) in [6.45, 7) is 6.05. The fourth-order valence-corrected chi connectivity index (χ4v) is 1.09. The van der Waals surface area contributed by atoms with E-state index in [1.807, 2.05) is 13.8 Å². The first kappa shape index (κ1) is 11.4. The van der Waals surface area contributed by atoms with Gasteiger partial charge in [-0.1, -0.05) is 13.8 Å². The standard InChI is InChI=1S/C9H18O3/c1-7(5-10)4-8(2)6-12-9(3)11/h7-8,10H,4-6H2,1-3H3. The van der Waals surface area contributed by atoms with Crippen LogP contribution in [0.2, 0.25) is 0 Å². The summed E-state index contributed by atoms with van der Waals surface area (Å²) in [6.07, 6.45) is 0.893. The van der Waals surface area contributed by atoms with Gasteiger partial charge in [-0.2, -0.15) is 0 Å². The molecular formula is C9H18O3. The second-order valence-corrected chi connectivity index (χ2v) is 3.43. The van der Waals surface area contributed by atoms with E-state index >= 15 is 0 Å². The Hall–Kier alpha value is -0.570. The highest BCUT2D eigenvalue weighted by Crippen LogP contribution is 2.11. The first-order chi connectivity index (χ1) is 5.56. The van der Waals surface area contributed by atoms with Crippen molar-refractivity contribution in [2.45, 2.75) is 27.2 Å². The van der Waals surface area contributed by atoms with Crippen LogP contribution in [-0.2, 0) is 9.53 Å². The molecule has 3 nitrogen and oxygen atoms in total. The number of rotatable bonds is 5. The highest BCUT2D eigenvalue weighted by molar-refractivity contribution is 5.65. The van der Waals surface area contributed by atoms with E-state index in [1.54, 1.807) is 0 Å². The molecule has 0 fully saturated rings. The van der Waals surface area contributed by atoms with Crippen molar-refractivity contribution in [3.8, 4) is 0 Å². The molecule has 0 aromatic carbocycles. The highest BCUT2D eigenvalue weighted by atomic mass is 16.5. The molecule has 0 aliphatic carbocycles. The maximum absolute atomic E-state index is 10.4. The smallest absolute Gasteiger partial charge is 0.302 e. The number of ether oxygens (including phenoxy) is 1. The maximum Gasteiger partial charge on any atom is 0.302 e. The summed E-state index contributed by atoms with van der Waals surface area (Å²) in [4.78, 5) is 10.4. The summed E-state index contributed by atoms with van der Waals surface area (Å²) in [5, 5.41) is 8.75. The van der Waals surface area contributed by atoms with E-state index in [2.05, 4.69) is 0 Å². The molecule has 0 bridgehead atoms. The summed E-state index contributed by atoms with van der Waals surface area (Å²) in [6, 6.07) is 0. The molecule has 0 saturated carbocycles. The maximum atomic E-state index is 10.4. The molecule has 0 spiro atoms. The van der Waals surface area contributed by atoms with Gasteiger partial charge in [0, 0.05) is 13.5 Å². The van der Waals surface area contributed by atoms with Gasteiger partial charge in [-0.25, -0.2) is 0 Å². The zero-order valence-corrected chi connectivity index (χ0v) is 8.04. The normalized spacial score (nSPS) is 15.3. The zero-order valence-electron chi connectivity index (χ0n) is 8.04. The Balaban J connectivity index is 3.45. The van der Waals surface area contributed by atoms with Crippen LogP contribution in [-0.4, -0.2) is 24.3 Å². The number of carbonyl (C=O) groups excluding carboxylic acids is 1. The Bertz CT molecular complexity index is 134. The lowest BCUT2D eigenvalue weighted by molar-refractivity contribution is -0.142. The van der Waals surface area contributed by atoms with Crippen LogP contribution in [0.15, 0.2) is 0 Å². The van der Waals surface area contributed by atoms with Crippen LogP contribution in [0.1, 0.15) is 27.2 Å². The van der Waals surface area contributed by atoms with Crippen molar-refractivity contribution in [1.82, 2.24) is 0 Å². The molecular weight excluding hydrogens is 156 g/mol. The van der Waals surface area contributed by atoms with Crippen LogP contribution in [0.4, 0.5) is 0 Å². The van der Waals surface area contributed by atoms with E-state index in [-0.39, 0.29) is 18.5 Å². The molecule has 3 heteroatoms. The van der Waals surface area contributed by atoms with Gasteiger partial charge in [-0.05, 0) is 18.3 Å². The second-order valence-electron chi connectivity index (χ2n) is 3.43. The van der Waals surface area contributed by atoms with Gasteiger partial charge in [0.1, 0.15) is 0 Å². The topological polar surface area (TPSA) is 46.5 Å². The van der Waals surface area contributed by atoms with Crippen LogP contribution in [0.5, 0.6) is 0 Å². The minimum absolute atomic E-state index is 0.199. The van der Waals surface area contributed by atoms with Crippen molar-refractivity contribution in [2.75, 3.05) is 13.2 Å². The van der Waals surface area contributed by atoms with Gasteiger partial charge in [-0.15, -0.1) is 0 Å². The summed E-state index contributed by atoms with van der Waals surface area (Å²) in [5.74, 6) is 0.380. The predicted octanol–water partition coefficient (Wildman–Crippen LogP) is 1.20. The molecule has 0 rings (SSSR count). The Labute approximate surface area is 73.7 Å². The van der Waals surface area contributed by atoms with E-state index in [0.29, 0.717) is 12.5 Å². The Morgan fingerprint density at radius 3 is 2.42 bits per heavy atom. The van der Waals surface area contributed by atoms with E-state index < -0.39 is 0 Å². The number of esters is 1. The molecule has 0 aliphatic heterocycles. The fraction of sp³-hybridized carbons (Fsp3) is 0.889. The molecule has 2 unspecified atom stereocenters. The van der Waals surface area contributed by atoms with Gasteiger partial charge >= 0.3 is 5.97 Å². The molecule has 0 aromatic rings. The van der Waals surface area contributed by atoms with Crippen molar-refractivity contribution in [2.24, 2.45) is 11.8 Å². The van der Waals surface area contributed by atoms with E-state index in [0.717, 1.165) is 6.42 Å². The van der Waals surface area contributed by atoms with E-state index in [9.17, 15) is 4.79 Å². The van der Waals surface area contributed by atoms with Crippen molar-refractivity contribution in [3.05, 3.63) is 0 Å². The Morgan fingerprint density at radius 1 is 1.42 bits per heavy atom. The Morgan fingerprint density at radius 2 is 2.00 bits per heavy atom. The second kappa shape index (κ2) is 6.00. The molecule has 2 atom stereocenters. The largest absolute Gasteiger partial charge is 0.466 e. The Kier molecular flexibility index (Phi) is 5.72. The van der Waals surface area contributed by atoms with Gasteiger partial charge in [0.05, 0.1) is 6.61 Å². The minimum atomic E-state index is -0.237. The molecule has 72 valence electrons. The molecule has 0 aromatic heterocycles. The summed E-state index contributed by atoms with van der Waals surface area (Å²) in [5.41, 5.74) is 0. The highest BCUT2D eigenvalue weighted by Gasteiger charge is 2.08. The van der Waals surface area contributed by atoms with Crippen LogP contribution < -0.4 is 0 Å². The van der Waals surface area contributed by atoms with Crippen LogP contribution >= 0.6 is 0 Å². The molecule has 1 N–H and O–H groups in total. The summed E-state index contributed by atoms with van der Waals surface area (Å²) in [7, 11) is 0. The summed E-state index contributed by atoms with van der Waals surface area (Å²) >= 11 is 0. The first-order valence-electron chi connectivity index (χ1n) is 4.30. The monoisotopic (exact) mass is 174 g/mol. The SMILES string of the molecule is CC(=O)OCC(C)CC(C)CO. The molecule has 0 heterocycles. The van der Waals surface area contributed by atoms with Crippen molar-refractivity contribution < 1.29 is 14.6 Å². The number of hydrogen-bond acceptors (Lipinski definition) is 3. The predicted molar refractivity (Wildman–Crippen MR) is 46.7 cm³/mol. The third-order valence-corrected chi connectivity index (χ3v) is 1.69. The average Bonchev–Trinajstić information content (AvgIpc) is 2.00. The van der Waals surface area contributed by atoms with Crippen LogP contribution in [0.3, 0.4) is 0 Å². The molecule has 0 amide bonds. The molecule has 0 aliphatic rings. The van der Waals surface area contributed by atoms with Crippen molar-refractivity contribution in [3.63, 3.8) is 0 Å². The van der Waals surface area contributed by atoms with E-state index in [4.69, 9.17) is 9.84 Å². The van der Waals surface area contributed by atoms with Crippen molar-refractivity contribution in [1.29, 1.82) is 0 Å². The van der Waals surface area contributed by atoms with Crippen LogP contribution in [0, 0.1) is 11.8 Å². The number of hydrogen-bond donors (Lipinski definition) is 1. The zero-order chi connectivity index (χ0) is 9.56. The number of aliphatic hydroxyl groups is 1. The number of aliphatic hydroxyl groups excluding tert-OH is 1. The van der Waals surface area contributed by atoms with Gasteiger partial charge in [0.15, 0.2) is 0 Å². The first-order valence-corrected chi connectivity index (χ1v) is 4.30. The third-order valence-electron chi connectivity index (χ3n) is 1.69. The van der Waals surface area contributed by atoms with Gasteiger partial charge < -0.3 is 9.84 Å². The lowest BCUT2D eigenvalue weighted by atomic mass is 9.99. The number of carbonyl (C=O) groups is 1. The van der Waals surface area contributed by atoms with Crippen LogP contribution in [0.25, 0.3) is 0 Å². The van der Waals surface area contributed by atoms with Gasteiger partial charge in [-0.3, -0.25) is 4.79 Å². The van der Waals surface area contributed by atoms with Crippen molar-refractivity contribution >= 4 is 5.97 Å². The quantitative estimate of drug-likeness (QED) is 0.637. The molecule has 0 radical (unpaired) electrons. The summed E-state index contributed by atoms with van der Waals surface area (Å²) < 4.78 is 4.83. The van der Waals surface area contributed by atoms with Gasteiger partial charge in [0.2, 0.25) is 0 Å².